The molecule has 3 N–H and O–H groups in total. The lowest BCUT2D eigenvalue weighted by molar-refractivity contribution is 0.601. The smallest absolute Gasteiger partial charge is 0.264 e. The van der Waals surface area contributed by atoms with Crippen LogP contribution >= 0.6 is 0 Å². The summed E-state index contributed by atoms with van der Waals surface area (Å²) in [7, 11) is -3.90. The van der Waals surface area contributed by atoms with E-state index >= 15 is 0 Å². The van der Waals surface area contributed by atoms with Crippen LogP contribution in [0.5, 0.6) is 0 Å². The topological polar surface area (TPSA) is 98.0 Å². The Hall–Kier alpha value is -3.71. The summed E-state index contributed by atoms with van der Waals surface area (Å²) >= 11 is 0. The van der Waals surface area contributed by atoms with Crippen molar-refractivity contribution in [1.82, 2.24) is 9.97 Å². The van der Waals surface area contributed by atoms with Crippen LogP contribution in [0.1, 0.15) is 22.4 Å². The van der Waals surface area contributed by atoms with Crippen LogP contribution in [-0.4, -0.2) is 18.4 Å². The SMILES string of the molecule is Cc1cccc(C)c1-c1cc(Cc2ccccc2)nc(NS(=O)(=O)c2cccc(N)c2)n1. The summed E-state index contributed by atoms with van der Waals surface area (Å²) in [4.78, 5) is 9.14. The molecule has 4 aromatic rings. The number of benzene rings is 3. The highest BCUT2D eigenvalue weighted by molar-refractivity contribution is 7.92. The van der Waals surface area contributed by atoms with Crippen LogP contribution in [0.3, 0.4) is 0 Å². The lowest BCUT2D eigenvalue weighted by Crippen LogP contribution is -2.16. The fourth-order valence-electron chi connectivity index (χ4n) is 3.65. The van der Waals surface area contributed by atoms with Gasteiger partial charge in [-0.25, -0.2) is 23.1 Å². The van der Waals surface area contributed by atoms with E-state index in [1.807, 2.05) is 68.4 Å². The predicted octanol–water partition coefficient (Wildman–Crippen LogP) is 4.73. The molecule has 0 aliphatic carbocycles. The molecule has 7 heteroatoms. The normalized spacial score (nSPS) is 11.3. The van der Waals surface area contributed by atoms with Crippen molar-refractivity contribution in [3.05, 3.63) is 101 Å². The standard InChI is InChI=1S/C25H24N4O2S/c1-17-8-6-9-18(2)24(17)23-16-21(14-19-10-4-3-5-11-19)27-25(28-23)29-32(30,31)22-13-7-12-20(26)15-22/h3-13,15-16H,14,26H2,1-2H3,(H,27,28,29). The predicted molar refractivity (Wildman–Crippen MR) is 128 cm³/mol. The number of aryl methyl sites for hydroxylation is 2. The van der Waals surface area contributed by atoms with E-state index in [9.17, 15) is 8.42 Å². The van der Waals surface area contributed by atoms with Crippen molar-refractivity contribution in [2.24, 2.45) is 0 Å². The molecule has 0 saturated heterocycles. The van der Waals surface area contributed by atoms with Crippen molar-refractivity contribution in [2.75, 3.05) is 10.5 Å². The average molecular weight is 445 g/mol. The van der Waals surface area contributed by atoms with Crippen LogP contribution in [0.2, 0.25) is 0 Å². The zero-order valence-corrected chi connectivity index (χ0v) is 18.7. The van der Waals surface area contributed by atoms with E-state index in [2.05, 4.69) is 14.7 Å². The second-order valence-electron chi connectivity index (χ2n) is 7.68. The highest BCUT2D eigenvalue weighted by atomic mass is 32.2. The van der Waals surface area contributed by atoms with Crippen LogP contribution in [0.15, 0.2) is 83.8 Å². The summed E-state index contributed by atoms with van der Waals surface area (Å²) in [6.07, 6.45) is 0.550. The second-order valence-corrected chi connectivity index (χ2v) is 9.36. The number of hydrogen-bond acceptors (Lipinski definition) is 5. The third-order valence-electron chi connectivity index (χ3n) is 5.14. The van der Waals surface area contributed by atoms with E-state index in [1.54, 1.807) is 12.1 Å². The van der Waals surface area contributed by atoms with Gasteiger partial charge in [0.25, 0.3) is 10.0 Å². The summed E-state index contributed by atoms with van der Waals surface area (Å²) in [6, 6.07) is 24.0. The molecule has 32 heavy (non-hydrogen) atoms. The Kier molecular flexibility index (Phi) is 5.92. The minimum atomic E-state index is -3.90. The molecule has 0 aliphatic heterocycles. The van der Waals surface area contributed by atoms with E-state index in [4.69, 9.17) is 5.73 Å². The number of nitrogens with two attached hydrogens (primary N) is 1. The van der Waals surface area contributed by atoms with E-state index in [0.29, 0.717) is 23.5 Å². The monoisotopic (exact) mass is 444 g/mol. The first-order valence-electron chi connectivity index (χ1n) is 10.2. The van der Waals surface area contributed by atoms with Gasteiger partial charge >= 0.3 is 0 Å². The van der Waals surface area contributed by atoms with Crippen molar-refractivity contribution in [3.8, 4) is 11.3 Å². The van der Waals surface area contributed by atoms with Gasteiger partial charge in [0, 0.05) is 17.7 Å². The van der Waals surface area contributed by atoms with Crippen molar-refractivity contribution in [3.63, 3.8) is 0 Å². The Morgan fingerprint density at radius 2 is 1.53 bits per heavy atom. The fourth-order valence-corrected chi connectivity index (χ4v) is 4.64. The Morgan fingerprint density at radius 3 is 2.22 bits per heavy atom. The molecule has 162 valence electrons. The number of nitrogens with zero attached hydrogens (tertiary/aromatic N) is 2. The van der Waals surface area contributed by atoms with Crippen LogP contribution in [-0.2, 0) is 16.4 Å². The van der Waals surface area contributed by atoms with Gasteiger partial charge in [-0.1, -0.05) is 54.6 Å². The first kappa shape index (κ1) is 21.5. The zero-order chi connectivity index (χ0) is 22.7. The van der Waals surface area contributed by atoms with Gasteiger partial charge in [-0.2, -0.15) is 0 Å². The number of aromatic nitrogens is 2. The molecule has 0 atom stereocenters. The summed E-state index contributed by atoms with van der Waals surface area (Å²) < 4.78 is 28.4. The molecule has 0 aliphatic rings. The van der Waals surface area contributed by atoms with Gasteiger partial charge < -0.3 is 5.73 Å². The van der Waals surface area contributed by atoms with Gasteiger partial charge in [-0.3, -0.25) is 0 Å². The van der Waals surface area contributed by atoms with Crippen LogP contribution in [0, 0.1) is 13.8 Å². The van der Waals surface area contributed by atoms with Crippen molar-refractivity contribution in [1.29, 1.82) is 0 Å². The van der Waals surface area contributed by atoms with Gasteiger partial charge in [0.1, 0.15) is 0 Å². The second kappa shape index (κ2) is 8.80. The number of nitrogens with one attached hydrogen (secondary N) is 1. The summed E-state index contributed by atoms with van der Waals surface area (Å²) in [5, 5.41) is 0. The van der Waals surface area contributed by atoms with Gasteiger partial charge in [0.15, 0.2) is 0 Å². The molecule has 0 radical (unpaired) electrons. The molecule has 1 heterocycles. The van der Waals surface area contributed by atoms with Crippen molar-refractivity contribution >= 4 is 21.7 Å². The van der Waals surface area contributed by atoms with Gasteiger partial charge in [0.2, 0.25) is 5.95 Å². The molecule has 0 bridgehead atoms. The molecule has 4 rings (SSSR count). The Labute approximate surface area is 188 Å². The lowest BCUT2D eigenvalue weighted by Gasteiger charge is -2.14. The van der Waals surface area contributed by atoms with E-state index in [0.717, 1.165) is 22.3 Å². The Bertz CT molecular complexity index is 1350. The summed E-state index contributed by atoms with van der Waals surface area (Å²) in [6.45, 7) is 4.02. The fraction of sp³-hybridized carbons (Fsp3) is 0.120. The van der Waals surface area contributed by atoms with Crippen LogP contribution in [0.4, 0.5) is 11.6 Å². The molecule has 0 unspecified atom stereocenters. The maximum absolute atomic E-state index is 13.0. The maximum Gasteiger partial charge on any atom is 0.264 e. The van der Waals surface area contributed by atoms with E-state index < -0.39 is 10.0 Å². The van der Waals surface area contributed by atoms with Crippen LogP contribution in [0.25, 0.3) is 11.3 Å². The molecule has 1 aromatic heterocycles. The first-order valence-corrected chi connectivity index (χ1v) is 11.7. The highest BCUT2D eigenvalue weighted by Gasteiger charge is 2.18. The highest BCUT2D eigenvalue weighted by Crippen LogP contribution is 2.28. The molecule has 0 spiro atoms. The zero-order valence-electron chi connectivity index (χ0n) is 17.9. The molecular formula is C25H24N4O2S. The molecule has 6 nitrogen and oxygen atoms in total. The summed E-state index contributed by atoms with van der Waals surface area (Å²) in [5.41, 5.74) is 11.7. The maximum atomic E-state index is 13.0. The molecule has 3 aromatic carbocycles. The molecule has 0 saturated carbocycles. The minimum absolute atomic E-state index is 0.0264. The quantitative estimate of drug-likeness (QED) is 0.419. The van der Waals surface area contributed by atoms with Crippen molar-refractivity contribution < 1.29 is 8.42 Å². The summed E-state index contributed by atoms with van der Waals surface area (Å²) in [5.74, 6) is 0.0264. The molecular weight excluding hydrogens is 420 g/mol. The number of sulfonamides is 1. The molecule has 0 amide bonds. The van der Waals surface area contributed by atoms with Crippen LogP contribution < -0.4 is 10.5 Å². The van der Waals surface area contributed by atoms with Crippen molar-refractivity contribution in [2.45, 2.75) is 25.2 Å². The number of rotatable bonds is 6. The van der Waals surface area contributed by atoms with Gasteiger partial charge in [-0.05, 0) is 54.8 Å². The third-order valence-corrected chi connectivity index (χ3v) is 6.46. The lowest BCUT2D eigenvalue weighted by atomic mass is 9.99. The average Bonchev–Trinajstić information content (AvgIpc) is 2.74. The molecule has 0 fully saturated rings. The largest absolute Gasteiger partial charge is 0.399 e. The number of hydrogen-bond donors (Lipinski definition) is 2. The Balaban J connectivity index is 1.80. The Morgan fingerprint density at radius 1 is 0.844 bits per heavy atom. The van der Waals surface area contributed by atoms with E-state index in [1.165, 1.54) is 12.1 Å². The number of anilines is 2. The van der Waals surface area contributed by atoms with E-state index in [-0.39, 0.29) is 10.8 Å². The number of nitrogen functional groups attached to an aromatic ring is 1. The minimum Gasteiger partial charge on any atom is -0.399 e. The van der Waals surface area contributed by atoms with Gasteiger partial charge in [0.05, 0.1) is 16.3 Å². The third kappa shape index (κ3) is 4.78. The van der Waals surface area contributed by atoms with Gasteiger partial charge in [-0.15, -0.1) is 0 Å². The first-order chi connectivity index (χ1) is 15.3.